The fourth-order valence-electron chi connectivity index (χ4n) is 1.01. The highest BCUT2D eigenvalue weighted by atomic mass is 35.5. The molecule has 0 N–H and O–H groups in total. The molecule has 0 heterocycles. The van der Waals surface area contributed by atoms with E-state index in [0.29, 0.717) is 6.07 Å². The van der Waals surface area contributed by atoms with Gasteiger partial charge in [-0.25, -0.2) is 4.39 Å². The second-order valence-electron chi connectivity index (χ2n) is 2.56. The number of alkyl halides is 3. The maximum atomic E-state index is 13.1. The number of hydrogen-bond acceptors (Lipinski definition) is 1. The predicted octanol–water partition coefficient (Wildman–Crippen LogP) is 3.96. The Morgan fingerprint density at radius 1 is 1.20 bits per heavy atom. The number of hydrogen-bond donors (Lipinski definition) is 0. The van der Waals surface area contributed by atoms with Crippen LogP contribution in [0.5, 0.6) is 0 Å². The molecule has 0 fully saturated rings. The average Bonchev–Trinajstić information content (AvgIpc) is 2.08. The van der Waals surface area contributed by atoms with Crippen LogP contribution in [0.4, 0.5) is 17.6 Å². The smallest absolute Gasteiger partial charge is 0.298 e. The van der Waals surface area contributed by atoms with Crippen LogP contribution >= 0.6 is 23.2 Å². The molecule has 0 unspecified atom stereocenters. The van der Waals surface area contributed by atoms with E-state index in [0.717, 1.165) is 0 Å². The number of benzene rings is 1. The first-order chi connectivity index (χ1) is 6.79. The first-order valence-corrected chi connectivity index (χ1v) is 4.24. The molecule has 82 valence electrons. The van der Waals surface area contributed by atoms with Gasteiger partial charge in [0.2, 0.25) is 0 Å². The van der Waals surface area contributed by atoms with Crippen LogP contribution in [0.3, 0.4) is 0 Å². The summed E-state index contributed by atoms with van der Waals surface area (Å²) >= 11 is 10.5. The number of carbonyl (C=O) groups excluding carboxylic acids is 1. The van der Waals surface area contributed by atoms with Gasteiger partial charge in [-0.15, -0.1) is 0 Å². The van der Waals surface area contributed by atoms with E-state index in [4.69, 9.17) is 23.2 Å². The highest BCUT2D eigenvalue weighted by Gasteiger charge is 2.38. The summed E-state index contributed by atoms with van der Waals surface area (Å²) in [6.45, 7) is 0. The molecule has 1 aromatic carbocycles. The molecule has 0 saturated heterocycles. The molecule has 15 heavy (non-hydrogen) atoms. The van der Waals surface area contributed by atoms with Gasteiger partial charge in [-0.3, -0.25) is 4.79 Å². The Balaban J connectivity index is 3.64. The van der Waals surface area contributed by atoms with Crippen molar-refractivity contribution in [1.29, 1.82) is 0 Å². The fraction of sp³-hybridized carbons (Fsp3) is 0.125. The number of halogens is 6. The molecule has 0 aliphatic heterocycles. The maximum absolute atomic E-state index is 13.1. The Bertz CT molecular complexity index is 414. The molecule has 0 aliphatic rings. The van der Waals surface area contributed by atoms with E-state index >= 15 is 0 Å². The third-order valence-corrected chi connectivity index (χ3v) is 2.18. The van der Waals surface area contributed by atoms with Gasteiger partial charge in [-0.2, -0.15) is 13.2 Å². The van der Waals surface area contributed by atoms with Crippen molar-refractivity contribution in [2.24, 2.45) is 0 Å². The molecule has 0 spiro atoms. The summed E-state index contributed by atoms with van der Waals surface area (Å²) in [5.74, 6) is -1.43. The van der Waals surface area contributed by atoms with Crippen molar-refractivity contribution in [2.45, 2.75) is 6.18 Å². The molecule has 0 saturated carbocycles. The zero-order chi connectivity index (χ0) is 11.8. The molecule has 1 nitrogen and oxygen atoms in total. The van der Waals surface area contributed by atoms with Crippen LogP contribution in [0.25, 0.3) is 0 Å². The van der Waals surface area contributed by atoms with Crippen LogP contribution < -0.4 is 0 Å². The largest absolute Gasteiger partial charge is 0.418 e. The Kier molecular flexibility index (Phi) is 3.25. The standard InChI is InChI=1S/C8H2Cl2F4O/c9-4-1-5(10)7(11)3(2-15)6(4)8(12,13)14/h1-2H. The Hall–Kier alpha value is -0.810. The number of carbonyl (C=O) groups is 1. The first-order valence-electron chi connectivity index (χ1n) is 3.49. The van der Waals surface area contributed by atoms with Crippen molar-refractivity contribution in [3.05, 3.63) is 33.1 Å². The molecule has 0 atom stereocenters. The third kappa shape index (κ3) is 2.23. The highest BCUT2D eigenvalue weighted by Crippen LogP contribution is 2.39. The van der Waals surface area contributed by atoms with Crippen LogP contribution in [0, 0.1) is 5.82 Å². The van der Waals surface area contributed by atoms with E-state index in [9.17, 15) is 22.4 Å². The van der Waals surface area contributed by atoms with E-state index in [2.05, 4.69) is 0 Å². The van der Waals surface area contributed by atoms with Gasteiger partial charge in [0.1, 0.15) is 0 Å². The lowest BCUT2D eigenvalue weighted by molar-refractivity contribution is -0.137. The predicted molar refractivity (Wildman–Crippen MR) is 46.8 cm³/mol. The fourth-order valence-corrected chi connectivity index (χ4v) is 1.60. The quantitative estimate of drug-likeness (QED) is 0.424. The minimum atomic E-state index is -4.90. The Labute approximate surface area is 91.6 Å². The monoisotopic (exact) mass is 260 g/mol. The van der Waals surface area contributed by atoms with Crippen molar-refractivity contribution in [2.75, 3.05) is 0 Å². The lowest BCUT2D eigenvalue weighted by atomic mass is 10.1. The number of aldehydes is 1. The van der Waals surface area contributed by atoms with Crippen LogP contribution in [0.2, 0.25) is 10.0 Å². The molecule has 7 heteroatoms. The minimum Gasteiger partial charge on any atom is -0.298 e. The summed E-state index contributed by atoms with van der Waals surface area (Å²) in [6, 6.07) is 0.605. The lowest BCUT2D eigenvalue weighted by Crippen LogP contribution is -2.12. The molecular weight excluding hydrogens is 259 g/mol. The van der Waals surface area contributed by atoms with E-state index in [1.807, 2.05) is 0 Å². The third-order valence-electron chi connectivity index (χ3n) is 1.61. The van der Waals surface area contributed by atoms with E-state index < -0.39 is 33.2 Å². The molecule has 1 aromatic rings. The Morgan fingerprint density at radius 3 is 2.13 bits per heavy atom. The molecule has 0 radical (unpaired) electrons. The van der Waals surface area contributed by atoms with Crippen LogP contribution in [-0.4, -0.2) is 6.29 Å². The maximum Gasteiger partial charge on any atom is 0.418 e. The SMILES string of the molecule is O=Cc1c(F)c(Cl)cc(Cl)c1C(F)(F)F. The highest BCUT2D eigenvalue weighted by molar-refractivity contribution is 6.35. The topological polar surface area (TPSA) is 17.1 Å². The molecule has 0 amide bonds. The molecule has 0 aromatic heterocycles. The van der Waals surface area contributed by atoms with E-state index in [1.54, 1.807) is 0 Å². The normalized spacial score (nSPS) is 11.6. The van der Waals surface area contributed by atoms with Crippen molar-refractivity contribution in [3.63, 3.8) is 0 Å². The summed E-state index contributed by atoms with van der Waals surface area (Å²) in [5, 5.41) is -1.44. The summed E-state index contributed by atoms with van der Waals surface area (Å²) in [7, 11) is 0. The molecular formula is C8H2Cl2F4O. The number of rotatable bonds is 1. The second kappa shape index (κ2) is 3.98. The average molecular weight is 261 g/mol. The van der Waals surface area contributed by atoms with Crippen molar-refractivity contribution < 1.29 is 22.4 Å². The molecule has 0 aliphatic carbocycles. The van der Waals surface area contributed by atoms with E-state index in [1.165, 1.54) is 0 Å². The minimum absolute atomic E-state index is 0.268. The van der Waals surface area contributed by atoms with Gasteiger partial charge in [-0.1, -0.05) is 23.2 Å². The second-order valence-corrected chi connectivity index (χ2v) is 3.37. The van der Waals surface area contributed by atoms with Crippen LogP contribution in [0.15, 0.2) is 6.07 Å². The van der Waals surface area contributed by atoms with Crippen LogP contribution in [-0.2, 0) is 6.18 Å². The Morgan fingerprint density at radius 2 is 1.73 bits per heavy atom. The molecule has 1 rings (SSSR count). The van der Waals surface area contributed by atoms with Crippen LogP contribution in [0.1, 0.15) is 15.9 Å². The van der Waals surface area contributed by atoms with Gasteiger partial charge in [-0.05, 0) is 6.07 Å². The summed E-state index contributed by atoms with van der Waals surface area (Å²) < 4.78 is 50.1. The van der Waals surface area contributed by atoms with Crippen molar-refractivity contribution in [3.8, 4) is 0 Å². The summed E-state index contributed by atoms with van der Waals surface area (Å²) in [4.78, 5) is 10.3. The van der Waals surface area contributed by atoms with Gasteiger partial charge in [0.15, 0.2) is 12.1 Å². The van der Waals surface area contributed by atoms with Gasteiger partial charge < -0.3 is 0 Å². The van der Waals surface area contributed by atoms with Gasteiger partial charge in [0, 0.05) is 0 Å². The summed E-state index contributed by atoms with van der Waals surface area (Å²) in [5.41, 5.74) is -2.69. The van der Waals surface area contributed by atoms with Gasteiger partial charge >= 0.3 is 6.18 Å². The van der Waals surface area contributed by atoms with Crippen molar-refractivity contribution >= 4 is 29.5 Å². The van der Waals surface area contributed by atoms with Gasteiger partial charge in [0.25, 0.3) is 0 Å². The lowest BCUT2D eigenvalue weighted by Gasteiger charge is -2.12. The van der Waals surface area contributed by atoms with E-state index in [-0.39, 0.29) is 6.29 Å². The van der Waals surface area contributed by atoms with Gasteiger partial charge in [0.05, 0.1) is 21.2 Å². The summed E-state index contributed by atoms with van der Waals surface area (Å²) in [6.07, 6.45) is -5.17. The zero-order valence-corrected chi connectivity index (χ0v) is 8.34. The van der Waals surface area contributed by atoms with Crippen molar-refractivity contribution in [1.82, 2.24) is 0 Å². The first kappa shape index (κ1) is 12.3. The molecule has 0 bridgehead atoms. The zero-order valence-electron chi connectivity index (χ0n) is 6.83.